The van der Waals surface area contributed by atoms with Crippen LogP contribution in [-0.4, -0.2) is 34.4 Å². The number of hydrogen-bond acceptors (Lipinski definition) is 4. The minimum absolute atomic E-state index is 0.0600. The highest BCUT2D eigenvalue weighted by molar-refractivity contribution is 5.95. The number of carbonyl (C=O) groups is 1. The maximum Gasteiger partial charge on any atom is 0.258 e. The first-order valence-corrected chi connectivity index (χ1v) is 10.2. The Bertz CT molecular complexity index is 1250. The van der Waals surface area contributed by atoms with Crippen molar-refractivity contribution in [3.05, 3.63) is 95.0 Å². The molecule has 0 aliphatic rings. The lowest BCUT2D eigenvalue weighted by molar-refractivity contribution is -0.116. The van der Waals surface area contributed by atoms with E-state index in [4.69, 9.17) is 0 Å². The second kappa shape index (κ2) is 9.36. The molecule has 0 atom stereocenters. The fourth-order valence-electron chi connectivity index (χ4n) is 3.51. The van der Waals surface area contributed by atoms with Crippen molar-refractivity contribution < 1.29 is 4.79 Å². The highest BCUT2D eigenvalue weighted by atomic mass is 16.1. The molecular weight excluding hydrogens is 388 g/mol. The molecule has 1 aromatic heterocycles. The Morgan fingerprint density at radius 2 is 1.68 bits per heavy atom. The first kappa shape index (κ1) is 20.5. The Kier molecular flexibility index (Phi) is 6.19. The summed E-state index contributed by atoms with van der Waals surface area (Å²) in [6.45, 7) is 0.990. The topological polar surface area (TPSA) is 78.1 Å². The maximum absolute atomic E-state index is 12.6. The number of benzene rings is 3. The number of nitrogens with zero attached hydrogens (tertiary/aromatic N) is 2. The van der Waals surface area contributed by atoms with E-state index in [2.05, 4.69) is 15.3 Å². The smallest absolute Gasteiger partial charge is 0.258 e. The van der Waals surface area contributed by atoms with E-state index >= 15 is 0 Å². The van der Waals surface area contributed by atoms with Gasteiger partial charge in [0.25, 0.3) is 5.56 Å². The molecule has 6 heteroatoms. The van der Waals surface area contributed by atoms with Gasteiger partial charge in [0, 0.05) is 24.2 Å². The molecule has 4 rings (SSSR count). The molecule has 2 N–H and O–H groups in total. The van der Waals surface area contributed by atoms with Crippen LogP contribution < -0.4 is 10.9 Å². The van der Waals surface area contributed by atoms with Gasteiger partial charge in [0.15, 0.2) is 0 Å². The van der Waals surface area contributed by atoms with Gasteiger partial charge >= 0.3 is 0 Å². The van der Waals surface area contributed by atoms with Gasteiger partial charge in [-0.15, -0.1) is 0 Å². The zero-order chi connectivity index (χ0) is 21.6. The van der Waals surface area contributed by atoms with E-state index in [-0.39, 0.29) is 11.5 Å². The second-order valence-electron chi connectivity index (χ2n) is 7.48. The monoisotopic (exact) mass is 412 g/mol. The summed E-state index contributed by atoms with van der Waals surface area (Å²) in [6, 6.07) is 25.0. The third-order valence-electron chi connectivity index (χ3n) is 5.09. The van der Waals surface area contributed by atoms with Crippen LogP contribution >= 0.6 is 0 Å². The van der Waals surface area contributed by atoms with Gasteiger partial charge in [0.1, 0.15) is 5.82 Å². The van der Waals surface area contributed by atoms with Gasteiger partial charge in [0.2, 0.25) is 5.91 Å². The Labute approximate surface area is 180 Å². The Balaban J connectivity index is 1.37. The second-order valence-corrected chi connectivity index (χ2v) is 7.48. The van der Waals surface area contributed by atoms with Gasteiger partial charge in [0.05, 0.1) is 17.4 Å². The number of H-pyrrole nitrogens is 1. The van der Waals surface area contributed by atoms with Crippen LogP contribution in [0.5, 0.6) is 0 Å². The molecular formula is C25H24N4O2. The van der Waals surface area contributed by atoms with Crippen LogP contribution in [0, 0.1) is 0 Å². The van der Waals surface area contributed by atoms with Crippen LogP contribution in [-0.2, 0) is 11.3 Å². The number of rotatable bonds is 7. The molecule has 0 fully saturated rings. The van der Waals surface area contributed by atoms with Crippen molar-refractivity contribution >= 4 is 22.5 Å². The number of para-hydroxylation sites is 2. The van der Waals surface area contributed by atoms with Crippen molar-refractivity contribution in [3.8, 4) is 11.1 Å². The number of nitrogens with one attached hydrogen (secondary N) is 2. The van der Waals surface area contributed by atoms with Crippen LogP contribution in [0.15, 0.2) is 83.7 Å². The molecule has 0 saturated heterocycles. The summed E-state index contributed by atoms with van der Waals surface area (Å²) in [4.78, 5) is 34.1. The van der Waals surface area contributed by atoms with Crippen molar-refractivity contribution in [3.63, 3.8) is 0 Å². The molecule has 31 heavy (non-hydrogen) atoms. The van der Waals surface area contributed by atoms with Crippen molar-refractivity contribution in [1.29, 1.82) is 0 Å². The third kappa shape index (κ3) is 5.05. The first-order chi connectivity index (χ1) is 15.1. The predicted molar refractivity (Wildman–Crippen MR) is 124 cm³/mol. The standard InChI is InChI=1S/C25H24N4O2/c1-29(17-23-26-22-14-8-6-12-20(22)25(31)28-23)16-15-24(30)27-21-13-7-5-11-19(21)18-9-3-2-4-10-18/h2-14H,15-17H2,1H3,(H,27,30)(H,26,28,31). The Hall–Kier alpha value is -3.77. The SMILES string of the molecule is CN(CCC(=O)Nc1ccccc1-c1ccccc1)Cc1nc2ccccc2c(=O)[nH]1. The average molecular weight is 412 g/mol. The minimum atomic E-state index is -0.149. The molecule has 156 valence electrons. The number of fused-ring (bicyclic) bond motifs is 1. The Morgan fingerprint density at radius 1 is 0.968 bits per heavy atom. The van der Waals surface area contributed by atoms with Gasteiger partial charge in [-0.1, -0.05) is 60.7 Å². The van der Waals surface area contributed by atoms with Crippen LogP contribution in [0.3, 0.4) is 0 Å². The fourth-order valence-corrected chi connectivity index (χ4v) is 3.51. The van der Waals surface area contributed by atoms with E-state index in [1.807, 2.05) is 84.7 Å². The molecule has 1 amide bonds. The molecule has 1 heterocycles. The molecule has 6 nitrogen and oxygen atoms in total. The first-order valence-electron chi connectivity index (χ1n) is 10.2. The van der Waals surface area contributed by atoms with Crippen LogP contribution in [0.2, 0.25) is 0 Å². The molecule has 0 saturated carbocycles. The van der Waals surface area contributed by atoms with Crippen molar-refractivity contribution in [2.45, 2.75) is 13.0 Å². The van der Waals surface area contributed by atoms with E-state index in [9.17, 15) is 9.59 Å². The van der Waals surface area contributed by atoms with Gasteiger partial charge in [-0.25, -0.2) is 4.98 Å². The molecule has 0 spiro atoms. The normalized spacial score (nSPS) is 11.0. The number of anilines is 1. The molecule has 0 bridgehead atoms. The lowest BCUT2D eigenvalue weighted by atomic mass is 10.0. The average Bonchev–Trinajstić information content (AvgIpc) is 2.79. The summed E-state index contributed by atoms with van der Waals surface area (Å²) >= 11 is 0. The number of carbonyl (C=O) groups excluding carboxylic acids is 1. The minimum Gasteiger partial charge on any atom is -0.325 e. The number of aromatic nitrogens is 2. The molecule has 0 unspecified atom stereocenters. The highest BCUT2D eigenvalue weighted by Crippen LogP contribution is 2.27. The van der Waals surface area contributed by atoms with Crippen LogP contribution in [0.1, 0.15) is 12.2 Å². The zero-order valence-electron chi connectivity index (χ0n) is 17.3. The molecule has 0 aliphatic carbocycles. The lowest BCUT2D eigenvalue weighted by Gasteiger charge is -2.16. The largest absolute Gasteiger partial charge is 0.325 e. The van der Waals surface area contributed by atoms with Crippen LogP contribution in [0.25, 0.3) is 22.0 Å². The molecule has 0 radical (unpaired) electrons. The predicted octanol–water partition coefficient (Wildman–Crippen LogP) is 4.05. The van der Waals surface area contributed by atoms with Crippen molar-refractivity contribution in [2.24, 2.45) is 0 Å². The highest BCUT2D eigenvalue weighted by Gasteiger charge is 2.11. The number of hydrogen-bond donors (Lipinski definition) is 2. The maximum atomic E-state index is 12.6. The Morgan fingerprint density at radius 3 is 2.52 bits per heavy atom. The summed E-state index contributed by atoms with van der Waals surface area (Å²) in [5.41, 5.74) is 3.36. The van der Waals surface area contributed by atoms with E-state index in [0.717, 1.165) is 16.8 Å². The summed E-state index contributed by atoms with van der Waals surface area (Å²) in [5.74, 6) is 0.524. The van der Waals surface area contributed by atoms with E-state index < -0.39 is 0 Å². The van der Waals surface area contributed by atoms with E-state index in [1.165, 1.54) is 0 Å². The molecule has 0 aliphatic heterocycles. The van der Waals surface area contributed by atoms with E-state index in [0.29, 0.717) is 36.2 Å². The molecule has 4 aromatic rings. The van der Waals surface area contributed by atoms with Gasteiger partial charge in [-0.3, -0.25) is 14.5 Å². The summed E-state index contributed by atoms with van der Waals surface area (Å²) < 4.78 is 0. The number of aromatic amines is 1. The van der Waals surface area contributed by atoms with Crippen molar-refractivity contribution in [2.75, 3.05) is 18.9 Å². The summed E-state index contributed by atoms with van der Waals surface area (Å²) in [7, 11) is 1.90. The van der Waals surface area contributed by atoms with Crippen LogP contribution in [0.4, 0.5) is 5.69 Å². The summed E-state index contributed by atoms with van der Waals surface area (Å²) in [5, 5.41) is 3.60. The van der Waals surface area contributed by atoms with Gasteiger partial charge in [-0.2, -0.15) is 0 Å². The quantitative estimate of drug-likeness (QED) is 0.480. The fraction of sp³-hybridized carbons (Fsp3) is 0.160. The molecule has 3 aromatic carbocycles. The van der Waals surface area contributed by atoms with E-state index in [1.54, 1.807) is 6.07 Å². The van der Waals surface area contributed by atoms with Gasteiger partial charge < -0.3 is 10.3 Å². The lowest BCUT2D eigenvalue weighted by Crippen LogP contribution is -2.26. The summed E-state index contributed by atoms with van der Waals surface area (Å²) in [6.07, 6.45) is 0.331. The zero-order valence-corrected chi connectivity index (χ0v) is 17.3. The number of amides is 1. The third-order valence-corrected chi connectivity index (χ3v) is 5.09. The van der Waals surface area contributed by atoms with Crippen molar-refractivity contribution in [1.82, 2.24) is 14.9 Å². The van der Waals surface area contributed by atoms with Gasteiger partial charge in [-0.05, 0) is 30.8 Å².